The first-order valence-corrected chi connectivity index (χ1v) is 10.1. The number of nitrogens with zero attached hydrogens (tertiary/aromatic N) is 3. The molecule has 1 aliphatic carbocycles. The van der Waals surface area contributed by atoms with Crippen LogP contribution in [0.25, 0.3) is 0 Å². The summed E-state index contributed by atoms with van der Waals surface area (Å²) in [7, 11) is 0. The SMILES string of the molecule is CC1(c2ccccc2)CCCC2N(CC3CC3)C(=O)c3c(O)c(=O)ccn3N21. The van der Waals surface area contributed by atoms with Gasteiger partial charge < -0.3 is 10.0 Å². The molecule has 2 aromatic rings. The molecule has 1 aromatic carbocycles. The van der Waals surface area contributed by atoms with Crippen LogP contribution in [0.4, 0.5) is 0 Å². The van der Waals surface area contributed by atoms with E-state index in [4.69, 9.17) is 0 Å². The van der Waals surface area contributed by atoms with E-state index < -0.39 is 11.2 Å². The van der Waals surface area contributed by atoms with Crippen molar-refractivity contribution in [2.24, 2.45) is 5.92 Å². The van der Waals surface area contributed by atoms with Gasteiger partial charge in [-0.15, -0.1) is 0 Å². The monoisotopic (exact) mass is 379 g/mol. The average Bonchev–Trinajstić information content (AvgIpc) is 3.52. The van der Waals surface area contributed by atoms with Crippen LogP contribution in [0.3, 0.4) is 0 Å². The third-order valence-electron chi connectivity index (χ3n) is 6.57. The summed E-state index contributed by atoms with van der Waals surface area (Å²) in [5, 5.41) is 12.7. The van der Waals surface area contributed by atoms with Crippen molar-refractivity contribution in [1.82, 2.24) is 9.58 Å². The minimum Gasteiger partial charge on any atom is -0.502 e. The Morgan fingerprint density at radius 2 is 1.86 bits per heavy atom. The zero-order valence-electron chi connectivity index (χ0n) is 16.0. The number of amides is 1. The Kier molecular flexibility index (Phi) is 3.79. The molecule has 1 N–H and O–H groups in total. The summed E-state index contributed by atoms with van der Waals surface area (Å²) in [5.41, 5.74) is 0.406. The maximum absolute atomic E-state index is 13.3. The molecule has 1 aromatic heterocycles. The molecule has 6 nitrogen and oxygen atoms in total. The number of piperidine rings is 1. The van der Waals surface area contributed by atoms with Crippen molar-refractivity contribution in [3.63, 3.8) is 0 Å². The zero-order chi connectivity index (χ0) is 19.5. The number of carbonyl (C=O) groups excluding carboxylic acids is 1. The number of fused-ring (bicyclic) bond motifs is 3. The number of hydrogen-bond acceptors (Lipinski definition) is 4. The van der Waals surface area contributed by atoms with Crippen molar-refractivity contribution in [3.05, 3.63) is 64.1 Å². The van der Waals surface area contributed by atoms with Crippen molar-refractivity contribution in [2.45, 2.75) is 50.7 Å². The van der Waals surface area contributed by atoms with Crippen molar-refractivity contribution in [2.75, 3.05) is 11.6 Å². The van der Waals surface area contributed by atoms with Crippen molar-refractivity contribution >= 4 is 5.91 Å². The molecule has 146 valence electrons. The maximum Gasteiger partial charge on any atom is 0.278 e. The molecule has 28 heavy (non-hydrogen) atoms. The van der Waals surface area contributed by atoms with E-state index in [2.05, 4.69) is 24.1 Å². The van der Waals surface area contributed by atoms with E-state index in [1.54, 1.807) is 10.9 Å². The second-order valence-corrected chi connectivity index (χ2v) is 8.48. The summed E-state index contributed by atoms with van der Waals surface area (Å²) in [6, 6.07) is 11.6. The largest absolute Gasteiger partial charge is 0.502 e. The van der Waals surface area contributed by atoms with Crippen LogP contribution in [0, 0.1) is 5.92 Å². The van der Waals surface area contributed by atoms with Gasteiger partial charge in [0.2, 0.25) is 5.43 Å². The van der Waals surface area contributed by atoms with Crippen LogP contribution in [-0.2, 0) is 5.54 Å². The number of aromatic nitrogens is 1. The van der Waals surface area contributed by atoms with Crippen LogP contribution in [0.15, 0.2) is 47.4 Å². The lowest BCUT2D eigenvalue weighted by atomic mass is 9.81. The normalized spacial score (nSPS) is 26.8. The van der Waals surface area contributed by atoms with Gasteiger partial charge in [0.1, 0.15) is 6.17 Å². The molecule has 5 rings (SSSR count). The topological polar surface area (TPSA) is 65.8 Å². The molecule has 1 saturated carbocycles. The van der Waals surface area contributed by atoms with Crippen molar-refractivity contribution < 1.29 is 9.90 Å². The quantitative estimate of drug-likeness (QED) is 0.891. The van der Waals surface area contributed by atoms with E-state index in [1.165, 1.54) is 11.6 Å². The van der Waals surface area contributed by atoms with Crippen LogP contribution in [0.2, 0.25) is 0 Å². The van der Waals surface area contributed by atoms with Gasteiger partial charge in [-0.3, -0.25) is 19.3 Å². The lowest BCUT2D eigenvalue weighted by Crippen LogP contribution is -2.69. The number of aromatic hydroxyl groups is 1. The first-order chi connectivity index (χ1) is 13.5. The predicted octanol–water partition coefficient (Wildman–Crippen LogP) is 2.78. The maximum atomic E-state index is 13.3. The van der Waals surface area contributed by atoms with Crippen LogP contribution in [0.1, 0.15) is 55.1 Å². The van der Waals surface area contributed by atoms with Gasteiger partial charge in [-0.05, 0) is 50.5 Å². The van der Waals surface area contributed by atoms with Gasteiger partial charge in [0.05, 0.1) is 5.54 Å². The zero-order valence-corrected chi connectivity index (χ0v) is 16.0. The van der Waals surface area contributed by atoms with E-state index in [1.807, 2.05) is 23.1 Å². The third-order valence-corrected chi connectivity index (χ3v) is 6.57. The van der Waals surface area contributed by atoms with Crippen LogP contribution < -0.4 is 10.4 Å². The van der Waals surface area contributed by atoms with Gasteiger partial charge in [-0.25, -0.2) is 0 Å². The van der Waals surface area contributed by atoms with E-state index in [0.29, 0.717) is 12.5 Å². The summed E-state index contributed by atoms with van der Waals surface area (Å²) in [5.74, 6) is -0.159. The molecular formula is C22H25N3O3. The molecule has 0 bridgehead atoms. The van der Waals surface area contributed by atoms with Crippen LogP contribution in [-0.4, -0.2) is 33.3 Å². The highest BCUT2D eigenvalue weighted by atomic mass is 16.3. The summed E-state index contributed by atoms with van der Waals surface area (Å²) in [4.78, 5) is 27.3. The molecular weight excluding hydrogens is 354 g/mol. The number of rotatable bonds is 3. The third kappa shape index (κ3) is 2.47. The van der Waals surface area contributed by atoms with E-state index in [9.17, 15) is 14.7 Å². The van der Waals surface area contributed by atoms with Gasteiger partial charge in [-0.1, -0.05) is 30.3 Å². The second-order valence-electron chi connectivity index (χ2n) is 8.48. The predicted molar refractivity (Wildman–Crippen MR) is 106 cm³/mol. The van der Waals surface area contributed by atoms with E-state index in [-0.39, 0.29) is 23.3 Å². The minimum atomic E-state index is -0.511. The molecule has 1 saturated heterocycles. The highest BCUT2D eigenvalue weighted by Crippen LogP contribution is 2.44. The highest BCUT2D eigenvalue weighted by molar-refractivity contribution is 5.96. The number of carbonyl (C=O) groups is 1. The summed E-state index contributed by atoms with van der Waals surface area (Å²) < 4.78 is 1.74. The van der Waals surface area contributed by atoms with Crippen molar-refractivity contribution in [3.8, 4) is 5.75 Å². The Bertz CT molecular complexity index is 982. The smallest absolute Gasteiger partial charge is 0.278 e. The Balaban J connectivity index is 1.72. The molecule has 6 heteroatoms. The molecule has 3 heterocycles. The Labute approximate surface area is 164 Å². The molecule has 2 fully saturated rings. The average molecular weight is 379 g/mol. The minimum absolute atomic E-state index is 0.0820. The summed E-state index contributed by atoms with van der Waals surface area (Å²) in [6.45, 7) is 2.88. The highest BCUT2D eigenvalue weighted by Gasteiger charge is 2.50. The second kappa shape index (κ2) is 6.12. The van der Waals surface area contributed by atoms with Crippen LogP contribution in [0.5, 0.6) is 5.75 Å². The summed E-state index contributed by atoms with van der Waals surface area (Å²) in [6.07, 6.45) is 6.67. The molecule has 1 amide bonds. The molecule has 3 aliphatic rings. The van der Waals surface area contributed by atoms with Gasteiger partial charge in [0.25, 0.3) is 5.91 Å². The first kappa shape index (κ1) is 17.3. The van der Waals surface area contributed by atoms with Gasteiger partial charge in [0, 0.05) is 18.8 Å². The van der Waals surface area contributed by atoms with Gasteiger partial charge in [0.15, 0.2) is 11.4 Å². The molecule has 2 atom stereocenters. The van der Waals surface area contributed by atoms with Crippen LogP contribution >= 0.6 is 0 Å². The number of benzene rings is 1. The fourth-order valence-corrected chi connectivity index (χ4v) is 4.89. The van der Waals surface area contributed by atoms with Gasteiger partial charge in [-0.2, -0.15) is 0 Å². The lowest BCUT2D eigenvalue weighted by Gasteiger charge is -2.57. The standard InChI is InChI=1S/C22H25N3O3/c1-22(16-6-3-2-4-7-16)12-5-8-18-23(14-15-9-10-15)21(28)19-20(27)17(26)11-13-24(19)25(18)22/h2-4,6-7,11,13,15,18,27H,5,8-10,12,14H2,1H3. The number of pyridine rings is 1. The summed E-state index contributed by atoms with van der Waals surface area (Å²) >= 11 is 0. The lowest BCUT2D eigenvalue weighted by molar-refractivity contribution is 0.0371. The molecule has 0 spiro atoms. The molecule has 2 aliphatic heterocycles. The Morgan fingerprint density at radius 3 is 2.57 bits per heavy atom. The van der Waals surface area contributed by atoms with E-state index in [0.717, 1.165) is 32.1 Å². The Hall–Kier alpha value is -2.76. The first-order valence-electron chi connectivity index (χ1n) is 10.1. The number of hydrogen-bond donors (Lipinski definition) is 1. The van der Waals surface area contributed by atoms with E-state index >= 15 is 0 Å². The fraction of sp³-hybridized carbons (Fsp3) is 0.455. The fourth-order valence-electron chi connectivity index (χ4n) is 4.89. The van der Waals surface area contributed by atoms with Crippen molar-refractivity contribution in [1.29, 1.82) is 0 Å². The molecule has 2 unspecified atom stereocenters. The molecule has 0 radical (unpaired) electrons. The van der Waals surface area contributed by atoms with Gasteiger partial charge >= 0.3 is 0 Å². The Morgan fingerprint density at radius 1 is 1.11 bits per heavy atom.